The number of nitrogens with two attached hydrogens (primary N) is 1. The number of carbonyl (C=O) groups excluding carboxylic acids is 2. The minimum absolute atomic E-state index is 0.0227. The van der Waals surface area contributed by atoms with Crippen LogP contribution in [0, 0.1) is 24.2 Å². The molecule has 2 amide bonds. The lowest BCUT2D eigenvalue weighted by molar-refractivity contribution is -0.138. The molecule has 3 heterocycles. The van der Waals surface area contributed by atoms with Crippen LogP contribution in [0.3, 0.4) is 0 Å². The maximum absolute atomic E-state index is 14.1. The first-order valence-corrected chi connectivity index (χ1v) is 17.5. The van der Waals surface area contributed by atoms with E-state index in [1.54, 1.807) is 24.0 Å². The van der Waals surface area contributed by atoms with E-state index in [1.807, 2.05) is 32.7 Å². The Bertz CT molecular complexity index is 1900. The lowest BCUT2D eigenvalue weighted by atomic mass is 10.0. The van der Waals surface area contributed by atoms with Gasteiger partial charge in [-0.25, -0.2) is 14.8 Å². The molecule has 1 aromatic heterocycles. The number of piperidine rings is 1. The summed E-state index contributed by atoms with van der Waals surface area (Å²) in [6, 6.07) is 8.59. The zero-order chi connectivity index (χ0) is 38.5. The molecule has 282 valence electrons. The Labute approximate surface area is 307 Å². The number of nitrogens with zero attached hydrogens (tertiary/aromatic N) is 5. The molecular weight excluding hydrogens is 687 g/mol. The third-order valence-corrected chi connectivity index (χ3v) is 9.10. The van der Waals surface area contributed by atoms with Gasteiger partial charge < -0.3 is 30.9 Å². The fourth-order valence-corrected chi connectivity index (χ4v) is 6.08. The van der Waals surface area contributed by atoms with Crippen LogP contribution in [0.15, 0.2) is 42.7 Å². The second kappa shape index (κ2) is 16.2. The minimum atomic E-state index is -4.60. The van der Waals surface area contributed by atoms with Crippen LogP contribution in [0.25, 0.3) is 0 Å². The van der Waals surface area contributed by atoms with Gasteiger partial charge in [-0.2, -0.15) is 13.2 Å². The van der Waals surface area contributed by atoms with Gasteiger partial charge in [0.25, 0.3) is 5.91 Å². The Morgan fingerprint density at radius 3 is 2.38 bits per heavy atom. The van der Waals surface area contributed by atoms with E-state index in [0.29, 0.717) is 50.4 Å². The van der Waals surface area contributed by atoms with Crippen molar-refractivity contribution in [2.75, 3.05) is 62.7 Å². The van der Waals surface area contributed by atoms with Crippen molar-refractivity contribution < 1.29 is 27.5 Å². The number of likely N-dealkylation sites (tertiary alicyclic amines) is 1. The van der Waals surface area contributed by atoms with E-state index in [9.17, 15) is 22.8 Å². The van der Waals surface area contributed by atoms with Gasteiger partial charge in [0.05, 0.1) is 11.1 Å². The summed E-state index contributed by atoms with van der Waals surface area (Å²) in [5.74, 6) is 5.53. The largest absolute Gasteiger partial charge is 0.444 e. The van der Waals surface area contributed by atoms with E-state index in [2.05, 4.69) is 37.3 Å². The van der Waals surface area contributed by atoms with Crippen molar-refractivity contribution in [3.63, 3.8) is 0 Å². The molecule has 0 aliphatic carbocycles. The molecule has 2 aliphatic rings. The van der Waals surface area contributed by atoms with Crippen LogP contribution in [0.5, 0.6) is 0 Å². The second-order valence-corrected chi connectivity index (χ2v) is 14.4. The standard InChI is InChI=1S/C38H46F3N9O3/c1-24-6-7-26(35(51)47-29-10-8-27(30(21-29)38(39,40)41)22-49-18-16-48(5)17-19-49)20-25(24)9-11-31(42)32-33(43)44-23-45-34(32)46-28-12-14-50(15-13-28)36(52)53-37(2,3)4/h6-8,10,20-21,23,28,42H,12-19,22H2,1-5H3,(H,47,51)(H3,43,44,45,46). The Morgan fingerprint density at radius 1 is 1.02 bits per heavy atom. The number of rotatable bonds is 7. The Kier molecular flexibility index (Phi) is 11.9. The number of likely N-dealkylation sites (N-methyl/N-ethyl adjacent to an activating group) is 1. The number of piperazine rings is 1. The van der Waals surface area contributed by atoms with Gasteiger partial charge in [-0.1, -0.05) is 18.1 Å². The van der Waals surface area contributed by atoms with E-state index in [-0.39, 0.29) is 52.6 Å². The number of halogens is 3. The number of nitrogens with one attached hydrogen (secondary N) is 3. The highest BCUT2D eigenvalue weighted by Gasteiger charge is 2.34. The molecule has 0 radical (unpaired) electrons. The van der Waals surface area contributed by atoms with Gasteiger partial charge in [0.1, 0.15) is 29.3 Å². The summed E-state index contributed by atoms with van der Waals surface area (Å²) in [4.78, 5) is 39.9. The molecule has 3 aromatic rings. The summed E-state index contributed by atoms with van der Waals surface area (Å²) in [6.45, 7) is 11.3. The van der Waals surface area contributed by atoms with Crippen molar-refractivity contribution in [2.24, 2.45) is 0 Å². The number of hydrogen-bond acceptors (Lipinski definition) is 10. The molecule has 15 heteroatoms. The maximum Gasteiger partial charge on any atom is 0.416 e. The molecule has 53 heavy (non-hydrogen) atoms. The number of anilines is 3. The van der Waals surface area contributed by atoms with Crippen LogP contribution in [0.2, 0.25) is 0 Å². The number of carbonyl (C=O) groups is 2. The summed E-state index contributed by atoms with van der Waals surface area (Å²) in [5, 5.41) is 14.7. The van der Waals surface area contributed by atoms with Crippen molar-refractivity contribution in [1.29, 1.82) is 5.41 Å². The minimum Gasteiger partial charge on any atom is -0.444 e. The summed E-state index contributed by atoms with van der Waals surface area (Å²) in [7, 11) is 1.98. The van der Waals surface area contributed by atoms with Crippen LogP contribution in [-0.2, 0) is 17.5 Å². The van der Waals surface area contributed by atoms with Crippen LogP contribution < -0.4 is 16.4 Å². The smallest absolute Gasteiger partial charge is 0.416 e. The third kappa shape index (κ3) is 10.5. The first kappa shape index (κ1) is 39.0. The average Bonchev–Trinajstić information content (AvgIpc) is 3.08. The molecule has 0 spiro atoms. The van der Waals surface area contributed by atoms with Gasteiger partial charge in [-0.05, 0) is 88.9 Å². The van der Waals surface area contributed by atoms with Gasteiger partial charge in [-0.15, -0.1) is 0 Å². The summed E-state index contributed by atoms with van der Waals surface area (Å²) >= 11 is 0. The van der Waals surface area contributed by atoms with Gasteiger partial charge in [-0.3, -0.25) is 15.1 Å². The predicted octanol–water partition coefficient (Wildman–Crippen LogP) is 5.62. The molecule has 2 aliphatic heterocycles. The zero-order valence-corrected chi connectivity index (χ0v) is 30.7. The SMILES string of the molecule is Cc1ccc(C(=O)Nc2ccc(CN3CCN(C)CC3)c(C(F)(F)F)c2)cc1C#CC(=N)c1c(N)ncnc1NC1CCN(C(=O)OC(C)(C)C)CC1. The molecule has 5 rings (SSSR count). The monoisotopic (exact) mass is 733 g/mol. The zero-order valence-electron chi connectivity index (χ0n) is 30.7. The number of alkyl halides is 3. The average molecular weight is 734 g/mol. The van der Waals surface area contributed by atoms with Crippen molar-refractivity contribution in [2.45, 2.75) is 64.9 Å². The molecule has 2 fully saturated rings. The van der Waals surface area contributed by atoms with Crippen LogP contribution in [0.4, 0.5) is 35.3 Å². The molecule has 2 saturated heterocycles. The van der Waals surface area contributed by atoms with Crippen LogP contribution in [0.1, 0.15) is 71.8 Å². The molecule has 0 bridgehead atoms. The highest BCUT2D eigenvalue weighted by Crippen LogP contribution is 2.35. The van der Waals surface area contributed by atoms with E-state index in [1.165, 1.54) is 24.5 Å². The fourth-order valence-electron chi connectivity index (χ4n) is 6.08. The molecule has 0 atom stereocenters. The van der Waals surface area contributed by atoms with E-state index < -0.39 is 23.2 Å². The summed E-state index contributed by atoms with van der Waals surface area (Å²) < 4.78 is 47.8. The molecule has 0 unspecified atom stereocenters. The summed E-state index contributed by atoms with van der Waals surface area (Å²) in [5.41, 5.74) is 6.41. The lowest BCUT2D eigenvalue weighted by Crippen LogP contribution is -2.44. The first-order valence-electron chi connectivity index (χ1n) is 17.5. The highest BCUT2D eigenvalue weighted by molar-refractivity contribution is 6.16. The number of nitrogen functional groups attached to an aromatic ring is 1. The number of amides is 2. The molecule has 5 N–H and O–H groups in total. The Morgan fingerprint density at radius 2 is 1.72 bits per heavy atom. The number of benzene rings is 2. The Balaban J connectivity index is 1.27. The lowest BCUT2D eigenvalue weighted by Gasteiger charge is -2.34. The predicted molar refractivity (Wildman–Crippen MR) is 198 cm³/mol. The van der Waals surface area contributed by atoms with Crippen molar-refractivity contribution in [3.05, 3.63) is 76.1 Å². The van der Waals surface area contributed by atoms with Crippen molar-refractivity contribution in [3.8, 4) is 11.8 Å². The number of hydrogen-bond donors (Lipinski definition) is 4. The first-order chi connectivity index (χ1) is 25.0. The quantitative estimate of drug-likeness (QED) is 0.179. The maximum atomic E-state index is 14.1. The van der Waals surface area contributed by atoms with Gasteiger partial charge >= 0.3 is 12.3 Å². The van der Waals surface area contributed by atoms with E-state index in [0.717, 1.165) is 24.7 Å². The normalized spacial score (nSPS) is 16.0. The Hall–Kier alpha value is -5.20. The second-order valence-electron chi connectivity index (χ2n) is 14.4. The van der Waals surface area contributed by atoms with Crippen LogP contribution >= 0.6 is 0 Å². The molecular formula is C38H46F3N9O3. The number of aromatic nitrogens is 2. The van der Waals surface area contributed by atoms with Gasteiger partial charge in [0, 0.05) is 68.7 Å². The van der Waals surface area contributed by atoms with E-state index in [4.69, 9.17) is 15.9 Å². The van der Waals surface area contributed by atoms with Gasteiger partial charge in [0.15, 0.2) is 0 Å². The molecule has 12 nitrogen and oxygen atoms in total. The molecule has 0 saturated carbocycles. The summed E-state index contributed by atoms with van der Waals surface area (Å²) in [6.07, 6.45) is -2.43. The van der Waals surface area contributed by atoms with Gasteiger partial charge in [0.2, 0.25) is 0 Å². The van der Waals surface area contributed by atoms with Crippen molar-refractivity contribution in [1.82, 2.24) is 24.7 Å². The number of ether oxygens (including phenoxy) is 1. The highest BCUT2D eigenvalue weighted by atomic mass is 19.4. The topological polar surface area (TPSA) is 153 Å². The van der Waals surface area contributed by atoms with Crippen molar-refractivity contribution >= 4 is 35.0 Å². The van der Waals surface area contributed by atoms with Crippen LogP contribution in [-0.4, -0.2) is 100 Å². The number of aryl methyl sites for hydroxylation is 1. The fraction of sp³-hybridized carbons (Fsp3) is 0.447. The van der Waals surface area contributed by atoms with E-state index >= 15 is 0 Å². The molecule has 2 aromatic carbocycles. The third-order valence-electron chi connectivity index (χ3n) is 9.10.